The summed E-state index contributed by atoms with van der Waals surface area (Å²) in [5, 5.41) is 8.96. The number of hydrogen-bond donors (Lipinski definition) is 1. The Labute approximate surface area is 155 Å². The first-order valence-corrected chi connectivity index (χ1v) is 9.61. The molecule has 4 heteroatoms. The summed E-state index contributed by atoms with van der Waals surface area (Å²) >= 11 is 0. The first-order valence-electron chi connectivity index (χ1n) is 9.61. The molecule has 1 atom stereocenters. The second-order valence-corrected chi connectivity index (χ2v) is 7.22. The molecular formula is C22H27NO3. The molecule has 138 valence electrons. The van der Waals surface area contributed by atoms with Gasteiger partial charge >= 0.3 is 5.97 Å². The number of likely N-dealkylation sites (tertiary alicyclic amines) is 1. The van der Waals surface area contributed by atoms with Gasteiger partial charge in [-0.15, -0.1) is 0 Å². The van der Waals surface area contributed by atoms with Gasteiger partial charge in [0.15, 0.2) is 0 Å². The van der Waals surface area contributed by atoms with E-state index in [4.69, 9.17) is 5.11 Å². The maximum atomic E-state index is 12.2. The van der Waals surface area contributed by atoms with Crippen LogP contribution in [0.15, 0.2) is 48.1 Å². The van der Waals surface area contributed by atoms with Crippen LogP contribution in [0.5, 0.6) is 0 Å². The van der Waals surface area contributed by atoms with E-state index in [0.29, 0.717) is 18.5 Å². The second kappa shape index (κ2) is 8.84. The Hall–Kier alpha value is -2.36. The molecule has 0 aromatic heterocycles. The lowest BCUT2D eigenvalue weighted by Crippen LogP contribution is -2.33. The summed E-state index contributed by atoms with van der Waals surface area (Å²) in [6.45, 7) is 0.677. The number of carbonyl (C=O) groups excluding carboxylic acids is 1. The summed E-state index contributed by atoms with van der Waals surface area (Å²) in [7, 11) is 0. The minimum Gasteiger partial charge on any atom is -0.478 e. The highest BCUT2D eigenvalue weighted by Crippen LogP contribution is 2.24. The van der Waals surface area contributed by atoms with Crippen LogP contribution in [-0.2, 0) is 11.2 Å². The number of aromatic carboxylic acids is 1. The Kier molecular flexibility index (Phi) is 6.26. The van der Waals surface area contributed by atoms with Crippen LogP contribution in [0.2, 0.25) is 0 Å². The summed E-state index contributed by atoms with van der Waals surface area (Å²) in [5.41, 5.74) is 2.88. The van der Waals surface area contributed by atoms with Gasteiger partial charge in [-0.25, -0.2) is 4.79 Å². The zero-order valence-electron chi connectivity index (χ0n) is 15.2. The van der Waals surface area contributed by atoms with Crippen LogP contribution >= 0.6 is 0 Å². The molecule has 1 aromatic rings. The van der Waals surface area contributed by atoms with Gasteiger partial charge in [-0.1, -0.05) is 42.4 Å². The largest absolute Gasteiger partial charge is 0.478 e. The van der Waals surface area contributed by atoms with Crippen molar-refractivity contribution in [3.63, 3.8) is 0 Å². The van der Waals surface area contributed by atoms with Gasteiger partial charge in [-0.3, -0.25) is 4.79 Å². The van der Waals surface area contributed by atoms with Crippen LogP contribution in [0, 0.1) is 0 Å². The van der Waals surface area contributed by atoms with E-state index in [0.717, 1.165) is 18.4 Å². The molecule has 1 saturated carbocycles. The van der Waals surface area contributed by atoms with Crippen molar-refractivity contribution in [3.8, 4) is 0 Å². The number of rotatable bonds is 6. The van der Waals surface area contributed by atoms with E-state index in [1.807, 2.05) is 17.0 Å². The predicted molar refractivity (Wildman–Crippen MR) is 102 cm³/mol. The lowest BCUT2D eigenvalue weighted by atomic mass is 9.94. The molecule has 1 saturated heterocycles. The number of nitrogens with zero attached hydrogens (tertiary/aromatic N) is 1. The Balaban J connectivity index is 1.56. The lowest BCUT2D eigenvalue weighted by molar-refractivity contribution is -0.128. The van der Waals surface area contributed by atoms with E-state index in [2.05, 4.69) is 18.2 Å². The smallest absolute Gasteiger partial charge is 0.335 e. The van der Waals surface area contributed by atoms with Crippen molar-refractivity contribution in [2.75, 3.05) is 6.54 Å². The molecule has 2 fully saturated rings. The average molecular weight is 353 g/mol. The van der Waals surface area contributed by atoms with Crippen molar-refractivity contribution in [2.24, 2.45) is 0 Å². The van der Waals surface area contributed by atoms with Crippen LogP contribution < -0.4 is 0 Å². The Morgan fingerprint density at radius 1 is 1.12 bits per heavy atom. The van der Waals surface area contributed by atoms with E-state index in [1.165, 1.54) is 37.7 Å². The zero-order chi connectivity index (χ0) is 18.4. The normalized spacial score (nSPS) is 20.8. The van der Waals surface area contributed by atoms with Gasteiger partial charge in [0.05, 0.1) is 11.6 Å². The van der Waals surface area contributed by atoms with E-state index in [9.17, 15) is 9.59 Å². The standard InChI is InChI=1S/C22H27NO3/c24-21-14-13-20(8-4-7-17-5-2-1-3-6-17)23(21)16-15-18-9-11-19(12-10-18)22(25)26/h4,7-12,20H,1-3,5-6,13-16H2,(H,25,26)/b8-4-/t20-/m0/s1. The number of carbonyl (C=O) groups is 2. The first kappa shape index (κ1) is 18.4. The van der Waals surface area contributed by atoms with Gasteiger partial charge in [0.1, 0.15) is 0 Å². The van der Waals surface area contributed by atoms with Gasteiger partial charge in [-0.05, 0) is 56.2 Å². The monoisotopic (exact) mass is 353 g/mol. The third kappa shape index (κ3) is 4.84. The van der Waals surface area contributed by atoms with Crippen molar-refractivity contribution in [2.45, 2.75) is 57.4 Å². The minimum absolute atomic E-state index is 0.182. The summed E-state index contributed by atoms with van der Waals surface area (Å²) < 4.78 is 0. The third-order valence-corrected chi connectivity index (χ3v) is 5.38. The number of amides is 1. The molecule has 0 bridgehead atoms. The maximum Gasteiger partial charge on any atom is 0.335 e. The molecular weight excluding hydrogens is 326 g/mol. The quantitative estimate of drug-likeness (QED) is 0.826. The second-order valence-electron chi connectivity index (χ2n) is 7.22. The highest BCUT2D eigenvalue weighted by Gasteiger charge is 2.28. The molecule has 2 aliphatic rings. The lowest BCUT2D eigenvalue weighted by Gasteiger charge is -2.22. The van der Waals surface area contributed by atoms with E-state index in [-0.39, 0.29) is 11.9 Å². The fourth-order valence-electron chi connectivity index (χ4n) is 3.80. The fourth-order valence-corrected chi connectivity index (χ4v) is 3.80. The fraction of sp³-hybridized carbons (Fsp3) is 0.455. The molecule has 4 nitrogen and oxygen atoms in total. The van der Waals surface area contributed by atoms with E-state index < -0.39 is 5.97 Å². The number of benzene rings is 1. The number of carboxylic acids is 1. The highest BCUT2D eigenvalue weighted by molar-refractivity contribution is 5.87. The van der Waals surface area contributed by atoms with Crippen LogP contribution in [0.1, 0.15) is 60.9 Å². The van der Waals surface area contributed by atoms with E-state index >= 15 is 0 Å². The average Bonchev–Trinajstić information content (AvgIpc) is 3.01. The summed E-state index contributed by atoms with van der Waals surface area (Å²) in [5.74, 6) is -0.698. The zero-order valence-corrected chi connectivity index (χ0v) is 15.2. The molecule has 1 aromatic carbocycles. The highest BCUT2D eigenvalue weighted by atomic mass is 16.4. The topological polar surface area (TPSA) is 57.6 Å². The van der Waals surface area contributed by atoms with Crippen LogP contribution in [0.4, 0.5) is 0 Å². The molecule has 1 aliphatic heterocycles. The molecule has 1 N–H and O–H groups in total. The van der Waals surface area contributed by atoms with Crippen LogP contribution in [0.3, 0.4) is 0 Å². The number of allylic oxidation sites excluding steroid dienone is 3. The third-order valence-electron chi connectivity index (χ3n) is 5.38. The van der Waals surface area contributed by atoms with Crippen molar-refractivity contribution >= 4 is 11.9 Å². The molecule has 1 heterocycles. The SMILES string of the molecule is O=C(O)c1ccc(CCN2C(=O)CC[C@@H]2/C=C\C=C2CCCCC2)cc1. The maximum absolute atomic E-state index is 12.2. The minimum atomic E-state index is -0.913. The Bertz CT molecular complexity index is 695. The first-order chi connectivity index (χ1) is 12.6. The molecule has 0 unspecified atom stereocenters. The van der Waals surface area contributed by atoms with Gasteiger partial charge in [0.25, 0.3) is 0 Å². The van der Waals surface area contributed by atoms with Gasteiger partial charge in [-0.2, -0.15) is 0 Å². The van der Waals surface area contributed by atoms with Crippen LogP contribution in [0.25, 0.3) is 0 Å². The summed E-state index contributed by atoms with van der Waals surface area (Å²) in [6.07, 6.45) is 15.2. The number of hydrogen-bond acceptors (Lipinski definition) is 2. The van der Waals surface area contributed by atoms with Crippen molar-refractivity contribution < 1.29 is 14.7 Å². The van der Waals surface area contributed by atoms with Crippen molar-refractivity contribution in [1.82, 2.24) is 4.90 Å². The van der Waals surface area contributed by atoms with Gasteiger partial charge < -0.3 is 10.0 Å². The van der Waals surface area contributed by atoms with Crippen molar-refractivity contribution in [3.05, 3.63) is 59.2 Å². The molecule has 0 spiro atoms. The predicted octanol–water partition coefficient (Wildman–Crippen LogP) is 4.37. The molecule has 0 radical (unpaired) electrons. The van der Waals surface area contributed by atoms with E-state index in [1.54, 1.807) is 12.1 Å². The Morgan fingerprint density at radius 2 is 1.85 bits per heavy atom. The molecule has 1 aliphatic carbocycles. The van der Waals surface area contributed by atoms with Gasteiger partial charge in [0, 0.05) is 13.0 Å². The van der Waals surface area contributed by atoms with Gasteiger partial charge in [0.2, 0.25) is 5.91 Å². The number of carboxylic acid groups (broad SMARTS) is 1. The molecule has 3 rings (SSSR count). The molecule has 1 amide bonds. The van der Waals surface area contributed by atoms with Crippen LogP contribution in [-0.4, -0.2) is 34.5 Å². The van der Waals surface area contributed by atoms with Crippen molar-refractivity contribution in [1.29, 1.82) is 0 Å². The summed E-state index contributed by atoms with van der Waals surface area (Å²) in [6, 6.07) is 7.10. The molecule has 26 heavy (non-hydrogen) atoms. The summed E-state index contributed by atoms with van der Waals surface area (Å²) in [4.78, 5) is 25.1. The Morgan fingerprint density at radius 3 is 2.54 bits per heavy atom.